The normalized spacial score (nSPS) is 29.3. The van der Waals surface area contributed by atoms with Crippen LogP contribution >= 0.6 is 12.2 Å². The summed E-state index contributed by atoms with van der Waals surface area (Å²) in [7, 11) is 0. The van der Waals surface area contributed by atoms with Gasteiger partial charge in [-0.1, -0.05) is 18.2 Å². The van der Waals surface area contributed by atoms with E-state index >= 15 is 0 Å². The van der Waals surface area contributed by atoms with E-state index in [-0.39, 0.29) is 11.3 Å². The van der Waals surface area contributed by atoms with Crippen LogP contribution in [0.5, 0.6) is 0 Å². The van der Waals surface area contributed by atoms with Crippen molar-refractivity contribution in [2.24, 2.45) is 23.2 Å². The van der Waals surface area contributed by atoms with E-state index in [0.717, 1.165) is 54.1 Å². The van der Waals surface area contributed by atoms with Crippen molar-refractivity contribution < 1.29 is 4.79 Å². The number of rotatable bonds is 4. The summed E-state index contributed by atoms with van der Waals surface area (Å²) in [6, 6.07) is 18.0. The maximum Gasteiger partial charge on any atom is 0.232 e. The third-order valence-electron chi connectivity index (χ3n) is 6.95. The third-order valence-corrected chi connectivity index (χ3v) is 7.16. The minimum absolute atomic E-state index is 0.136. The zero-order valence-electron chi connectivity index (χ0n) is 16.5. The molecule has 5 heteroatoms. The van der Waals surface area contributed by atoms with Crippen LogP contribution in [-0.2, 0) is 4.79 Å². The van der Waals surface area contributed by atoms with E-state index in [1.807, 2.05) is 54.6 Å². The molecule has 2 aromatic carbocycles. The Bertz CT molecular complexity index is 874. The Hall–Kier alpha value is -2.40. The SMILES string of the molecule is O=C(NC(=S)Nc1ccc(Nc2ccccc2)cc1)C12CC3CC(CC(C3)C1)C2. The predicted molar refractivity (Wildman–Crippen MR) is 121 cm³/mol. The van der Waals surface area contributed by atoms with Crippen molar-refractivity contribution in [3.05, 3.63) is 54.6 Å². The summed E-state index contributed by atoms with van der Waals surface area (Å²) >= 11 is 5.45. The van der Waals surface area contributed by atoms with Gasteiger partial charge in [-0.2, -0.15) is 0 Å². The summed E-state index contributed by atoms with van der Waals surface area (Å²) in [6.45, 7) is 0. The van der Waals surface area contributed by atoms with Gasteiger partial charge in [0.2, 0.25) is 5.91 Å². The van der Waals surface area contributed by atoms with E-state index in [1.165, 1.54) is 19.3 Å². The van der Waals surface area contributed by atoms with E-state index in [2.05, 4.69) is 16.0 Å². The van der Waals surface area contributed by atoms with Gasteiger partial charge in [0.05, 0.1) is 5.41 Å². The van der Waals surface area contributed by atoms with Gasteiger partial charge in [0.1, 0.15) is 0 Å². The zero-order chi connectivity index (χ0) is 19.8. The van der Waals surface area contributed by atoms with Crippen LogP contribution in [0.1, 0.15) is 38.5 Å². The second-order valence-electron chi connectivity index (χ2n) is 9.17. The highest BCUT2D eigenvalue weighted by Gasteiger charge is 2.54. The number of benzene rings is 2. The van der Waals surface area contributed by atoms with Crippen LogP contribution in [0.3, 0.4) is 0 Å². The smallest absolute Gasteiger partial charge is 0.232 e. The molecule has 29 heavy (non-hydrogen) atoms. The molecular weight excluding hydrogens is 378 g/mol. The lowest BCUT2D eigenvalue weighted by Crippen LogP contribution is -2.55. The first-order valence-corrected chi connectivity index (χ1v) is 11.0. The summed E-state index contributed by atoms with van der Waals surface area (Å²) in [5.74, 6) is 2.38. The maximum absolute atomic E-state index is 13.1. The minimum Gasteiger partial charge on any atom is -0.356 e. The second kappa shape index (κ2) is 7.45. The highest BCUT2D eigenvalue weighted by atomic mass is 32.1. The van der Waals surface area contributed by atoms with Crippen LogP contribution in [0, 0.1) is 23.2 Å². The fourth-order valence-electron chi connectivity index (χ4n) is 6.11. The molecule has 2 aromatic rings. The Morgan fingerprint density at radius 3 is 1.90 bits per heavy atom. The Morgan fingerprint density at radius 1 is 0.793 bits per heavy atom. The lowest BCUT2D eigenvalue weighted by molar-refractivity contribution is -0.144. The van der Waals surface area contributed by atoms with E-state index in [9.17, 15) is 4.79 Å². The number of amides is 1. The standard InChI is InChI=1S/C24H27N3OS/c28-22(24-13-16-10-17(14-24)12-18(11-16)15-24)27-23(29)26-21-8-6-20(7-9-21)25-19-4-2-1-3-5-19/h1-9,16-18,25H,10-15H2,(H2,26,27,28,29). The van der Waals surface area contributed by atoms with Crippen molar-refractivity contribution in [2.45, 2.75) is 38.5 Å². The van der Waals surface area contributed by atoms with Crippen LogP contribution in [0.2, 0.25) is 0 Å². The molecule has 6 rings (SSSR count). The topological polar surface area (TPSA) is 53.2 Å². The number of thiocarbonyl (C=S) groups is 1. The molecule has 4 nitrogen and oxygen atoms in total. The fourth-order valence-corrected chi connectivity index (χ4v) is 6.32. The molecule has 0 heterocycles. The summed E-state index contributed by atoms with van der Waals surface area (Å²) in [6.07, 6.45) is 7.14. The molecule has 4 fully saturated rings. The Morgan fingerprint density at radius 2 is 1.31 bits per heavy atom. The first-order chi connectivity index (χ1) is 14.1. The van der Waals surface area contributed by atoms with Crippen molar-refractivity contribution >= 4 is 40.3 Å². The van der Waals surface area contributed by atoms with Gasteiger partial charge in [0, 0.05) is 17.1 Å². The zero-order valence-corrected chi connectivity index (χ0v) is 17.3. The quantitative estimate of drug-likeness (QED) is 0.591. The lowest BCUT2D eigenvalue weighted by atomic mass is 9.49. The van der Waals surface area contributed by atoms with Crippen LogP contribution in [-0.4, -0.2) is 11.0 Å². The number of carbonyl (C=O) groups is 1. The number of hydrogen-bond donors (Lipinski definition) is 3. The van der Waals surface area contributed by atoms with Gasteiger partial charge in [-0.25, -0.2) is 0 Å². The largest absolute Gasteiger partial charge is 0.356 e. The van der Waals surface area contributed by atoms with Gasteiger partial charge < -0.3 is 16.0 Å². The number of para-hydroxylation sites is 1. The lowest BCUT2D eigenvalue weighted by Gasteiger charge is -2.55. The fraction of sp³-hybridized carbons (Fsp3) is 0.417. The average Bonchev–Trinajstić information content (AvgIpc) is 2.69. The van der Waals surface area contributed by atoms with Gasteiger partial charge in [0.25, 0.3) is 0 Å². The molecule has 0 saturated heterocycles. The second-order valence-corrected chi connectivity index (χ2v) is 9.58. The van der Waals surface area contributed by atoms with Crippen molar-refractivity contribution in [1.82, 2.24) is 5.32 Å². The molecule has 0 radical (unpaired) electrons. The first-order valence-electron chi connectivity index (χ1n) is 10.6. The highest BCUT2D eigenvalue weighted by Crippen LogP contribution is 2.60. The third kappa shape index (κ3) is 3.88. The maximum atomic E-state index is 13.1. The van der Waals surface area contributed by atoms with Crippen molar-refractivity contribution in [3.8, 4) is 0 Å². The summed E-state index contributed by atoms with van der Waals surface area (Å²) in [4.78, 5) is 13.1. The molecule has 4 aliphatic rings. The molecule has 0 aliphatic heterocycles. The van der Waals surface area contributed by atoms with Gasteiger partial charge in [0.15, 0.2) is 5.11 Å². The first kappa shape index (κ1) is 18.6. The van der Waals surface area contributed by atoms with Gasteiger partial charge in [-0.3, -0.25) is 4.79 Å². The van der Waals surface area contributed by atoms with Crippen LogP contribution in [0.15, 0.2) is 54.6 Å². The molecule has 150 valence electrons. The van der Waals surface area contributed by atoms with Crippen molar-refractivity contribution in [1.29, 1.82) is 0 Å². The van der Waals surface area contributed by atoms with Crippen LogP contribution in [0.4, 0.5) is 17.1 Å². The summed E-state index contributed by atoms with van der Waals surface area (Å²) in [5, 5.41) is 9.93. The van der Waals surface area contributed by atoms with E-state index < -0.39 is 0 Å². The van der Waals surface area contributed by atoms with Gasteiger partial charge in [-0.15, -0.1) is 0 Å². The molecule has 4 bridgehead atoms. The van der Waals surface area contributed by atoms with E-state index in [1.54, 1.807) is 0 Å². The Balaban J connectivity index is 1.18. The molecule has 0 atom stereocenters. The number of carbonyl (C=O) groups excluding carboxylic acids is 1. The molecule has 1 amide bonds. The summed E-state index contributed by atoms with van der Waals surface area (Å²) in [5.41, 5.74) is 2.75. The monoisotopic (exact) mass is 405 g/mol. The molecule has 3 N–H and O–H groups in total. The average molecular weight is 406 g/mol. The van der Waals surface area contributed by atoms with Gasteiger partial charge >= 0.3 is 0 Å². The molecule has 4 aliphatic carbocycles. The van der Waals surface area contributed by atoms with E-state index in [0.29, 0.717) is 5.11 Å². The minimum atomic E-state index is -0.177. The molecule has 4 saturated carbocycles. The number of nitrogens with one attached hydrogen (secondary N) is 3. The molecule has 0 aromatic heterocycles. The van der Waals surface area contributed by atoms with Crippen molar-refractivity contribution in [2.75, 3.05) is 10.6 Å². The van der Waals surface area contributed by atoms with Crippen LogP contribution in [0.25, 0.3) is 0 Å². The molecular formula is C24H27N3OS. The Labute approximate surface area is 177 Å². The van der Waals surface area contributed by atoms with E-state index in [4.69, 9.17) is 12.2 Å². The predicted octanol–water partition coefficient (Wildman–Crippen LogP) is 5.46. The summed E-state index contributed by atoms with van der Waals surface area (Å²) < 4.78 is 0. The number of anilines is 3. The van der Waals surface area contributed by atoms with Gasteiger partial charge in [-0.05, 0) is 105 Å². The van der Waals surface area contributed by atoms with Crippen LogP contribution < -0.4 is 16.0 Å². The molecule has 0 unspecified atom stereocenters. The molecule has 0 spiro atoms. The Kier molecular flexibility index (Phi) is 4.78. The highest BCUT2D eigenvalue weighted by molar-refractivity contribution is 7.80. The van der Waals surface area contributed by atoms with Crippen molar-refractivity contribution in [3.63, 3.8) is 0 Å². The number of hydrogen-bond acceptors (Lipinski definition) is 3.